The Morgan fingerprint density at radius 3 is 2.10 bits per heavy atom. The Morgan fingerprint density at radius 1 is 1.05 bits per heavy atom. The predicted octanol–water partition coefficient (Wildman–Crippen LogP) is 2.14. The van der Waals surface area contributed by atoms with E-state index in [0.29, 0.717) is 31.7 Å². The van der Waals surface area contributed by atoms with E-state index in [9.17, 15) is 9.59 Å². The minimum atomic E-state index is -0.0326. The molecule has 1 aromatic carbocycles. The second kappa shape index (κ2) is 7.38. The molecule has 114 valence electrons. The van der Waals surface area contributed by atoms with Crippen LogP contribution in [0.5, 0.6) is 0 Å². The van der Waals surface area contributed by atoms with E-state index in [1.54, 1.807) is 21.9 Å². The Morgan fingerprint density at radius 2 is 1.57 bits per heavy atom. The number of methoxy groups -OCH3 is 1. The lowest BCUT2D eigenvalue weighted by Gasteiger charge is -2.34. The molecular weight excluding hydrogens is 404 g/mol. The summed E-state index contributed by atoms with van der Waals surface area (Å²) in [4.78, 5) is 27.7. The van der Waals surface area contributed by atoms with Crippen molar-refractivity contribution in [3.05, 3.63) is 32.7 Å². The SMILES string of the molecule is COCC(=O)N1CCN(C(=O)c2cc(Br)cc(Br)c2)CC1. The van der Waals surface area contributed by atoms with E-state index in [0.717, 1.165) is 8.95 Å². The van der Waals surface area contributed by atoms with Gasteiger partial charge in [0.15, 0.2) is 0 Å². The first-order chi connectivity index (χ1) is 10.0. The summed E-state index contributed by atoms with van der Waals surface area (Å²) >= 11 is 6.77. The summed E-state index contributed by atoms with van der Waals surface area (Å²) in [5, 5.41) is 0. The number of halogens is 2. The number of amides is 2. The number of hydrogen-bond acceptors (Lipinski definition) is 3. The van der Waals surface area contributed by atoms with Gasteiger partial charge in [0.2, 0.25) is 5.91 Å². The highest BCUT2D eigenvalue weighted by molar-refractivity contribution is 9.11. The Bertz CT molecular complexity index is 523. The van der Waals surface area contributed by atoms with Crippen LogP contribution in [0.25, 0.3) is 0 Å². The average Bonchev–Trinajstić information content (AvgIpc) is 2.46. The van der Waals surface area contributed by atoms with Gasteiger partial charge in [-0.25, -0.2) is 0 Å². The Hall–Kier alpha value is -0.920. The van der Waals surface area contributed by atoms with Crippen LogP contribution in [0.15, 0.2) is 27.1 Å². The molecule has 1 fully saturated rings. The first-order valence-electron chi connectivity index (χ1n) is 6.53. The lowest BCUT2D eigenvalue weighted by molar-refractivity contribution is -0.136. The highest BCUT2D eigenvalue weighted by Crippen LogP contribution is 2.21. The zero-order valence-corrected chi connectivity index (χ0v) is 14.8. The van der Waals surface area contributed by atoms with E-state index in [-0.39, 0.29) is 18.4 Å². The molecule has 0 aromatic heterocycles. The number of rotatable bonds is 3. The van der Waals surface area contributed by atoms with Gasteiger partial charge >= 0.3 is 0 Å². The molecule has 1 heterocycles. The number of carbonyl (C=O) groups excluding carboxylic acids is 2. The molecule has 5 nitrogen and oxygen atoms in total. The van der Waals surface area contributed by atoms with Gasteiger partial charge in [-0.3, -0.25) is 9.59 Å². The monoisotopic (exact) mass is 418 g/mol. The second-order valence-corrected chi connectivity index (χ2v) is 6.60. The number of nitrogens with zero attached hydrogens (tertiary/aromatic N) is 2. The molecule has 1 saturated heterocycles. The van der Waals surface area contributed by atoms with Crippen molar-refractivity contribution in [1.29, 1.82) is 0 Å². The molecular formula is C14H16Br2N2O3. The average molecular weight is 420 g/mol. The van der Waals surface area contributed by atoms with Crippen LogP contribution in [0.1, 0.15) is 10.4 Å². The fourth-order valence-corrected chi connectivity index (χ4v) is 3.53. The van der Waals surface area contributed by atoms with Crippen LogP contribution >= 0.6 is 31.9 Å². The molecule has 1 aromatic rings. The van der Waals surface area contributed by atoms with Gasteiger partial charge in [-0.1, -0.05) is 31.9 Å². The molecule has 0 spiro atoms. The molecule has 0 aliphatic carbocycles. The van der Waals surface area contributed by atoms with Crippen LogP contribution in [0.4, 0.5) is 0 Å². The number of benzene rings is 1. The number of piperazine rings is 1. The molecule has 0 radical (unpaired) electrons. The largest absolute Gasteiger partial charge is 0.375 e. The summed E-state index contributed by atoms with van der Waals surface area (Å²) < 4.78 is 6.56. The normalized spacial score (nSPS) is 15.2. The third kappa shape index (κ3) is 4.28. The zero-order valence-electron chi connectivity index (χ0n) is 11.6. The van der Waals surface area contributed by atoms with Gasteiger partial charge in [0.25, 0.3) is 5.91 Å². The van der Waals surface area contributed by atoms with E-state index in [1.807, 2.05) is 6.07 Å². The van der Waals surface area contributed by atoms with Gasteiger partial charge in [-0.2, -0.15) is 0 Å². The molecule has 0 saturated carbocycles. The molecule has 0 N–H and O–H groups in total. The third-order valence-corrected chi connectivity index (χ3v) is 4.21. The molecule has 7 heteroatoms. The van der Waals surface area contributed by atoms with Crippen LogP contribution in [0.2, 0.25) is 0 Å². The van der Waals surface area contributed by atoms with Gasteiger partial charge in [0.1, 0.15) is 6.61 Å². The molecule has 0 atom stereocenters. The molecule has 0 bridgehead atoms. The molecule has 1 aliphatic rings. The lowest BCUT2D eigenvalue weighted by Crippen LogP contribution is -2.51. The highest BCUT2D eigenvalue weighted by Gasteiger charge is 2.24. The Labute approximate surface area is 140 Å². The third-order valence-electron chi connectivity index (χ3n) is 3.30. The molecule has 2 amide bonds. The Kier molecular flexibility index (Phi) is 5.78. The standard InChI is InChI=1S/C14H16Br2N2O3/c1-21-9-13(19)17-2-4-18(5-3-17)14(20)10-6-11(15)8-12(16)7-10/h6-8H,2-5,9H2,1H3. The smallest absolute Gasteiger partial charge is 0.254 e. The first-order valence-corrected chi connectivity index (χ1v) is 8.12. The molecule has 0 unspecified atom stereocenters. The lowest BCUT2D eigenvalue weighted by atomic mass is 10.2. The molecule has 2 rings (SSSR count). The van der Waals surface area contributed by atoms with Crippen LogP contribution in [-0.4, -0.2) is 61.5 Å². The topological polar surface area (TPSA) is 49.9 Å². The second-order valence-electron chi connectivity index (χ2n) is 4.76. The first kappa shape index (κ1) is 16.5. The van der Waals surface area contributed by atoms with E-state index >= 15 is 0 Å². The van der Waals surface area contributed by atoms with Crippen LogP contribution in [0.3, 0.4) is 0 Å². The van der Waals surface area contributed by atoms with Gasteiger partial charge in [0, 0.05) is 47.8 Å². The zero-order chi connectivity index (χ0) is 15.4. The van der Waals surface area contributed by atoms with Gasteiger partial charge in [-0.15, -0.1) is 0 Å². The van der Waals surface area contributed by atoms with Crippen LogP contribution in [-0.2, 0) is 9.53 Å². The van der Waals surface area contributed by atoms with Crippen molar-refractivity contribution in [3.8, 4) is 0 Å². The van der Waals surface area contributed by atoms with Crippen molar-refractivity contribution in [2.24, 2.45) is 0 Å². The van der Waals surface area contributed by atoms with Crippen molar-refractivity contribution in [3.63, 3.8) is 0 Å². The summed E-state index contributed by atoms with van der Waals surface area (Å²) in [5.74, 6) is -0.0503. The van der Waals surface area contributed by atoms with Gasteiger partial charge in [-0.05, 0) is 18.2 Å². The fourth-order valence-electron chi connectivity index (χ4n) is 2.23. The number of ether oxygens (including phenoxy) is 1. The minimum absolute atomic E-state index is 0.0177. The maximum absolute atomic E-state index is 12.5. The van der Waals surface area contributed by atoms with Gasteiger partial charge < -0.3 is 14.5 Å². The summed E-state index contributed by atoms with van der Waals surface area (Å²) in [6.07, 6.45) is 0. The quantitative estimate of drug-likeness (QED) is 0.754. The summed E-state index contributed by atoms with van der Waals surface area (Å²) in [7, 11) is 1.50. The van der Waals surface area contributed by atoms with Crippen molar-refractivity contribution in [2.75, 3.05) is 39.9 Å². The summed E-state index contributed by atoms with van der Waals surface area (Å²) in [6.45, 7) is 2.26. The van der Waals surface area contributed by atoms with Crippen molar-refractivity contribution >= 4 is 43.7 Å². The van der Waals surface area contributed by atoms with E-state index < -0.39 is 0 Å². The maximum atomic E-state index is 12.5. The number of carbonyl (C=O) groups is 2. The van der Waals surface area contributed by atoms with Crippen LogP contribution < -0.4 is 0 Å². The van der Waals surface area contributed by atoms with Crippen molar-refractivity contribution in [2.45, 2.75) is 0 Å². The van der Waals surface area contributed by atoms with E-state index in [1.165, 1.54) is 7.11 Å². The Balaban J connectivity index is 1.98. The van der Waals surface area contributed by atoms with Crippen molar-refractivity contribution < 1.29 is 14.3 Å². The molecule has 1 aliphatic heterocycles. The fraction of sp³-hybridized carbons (Fsp3) is 0.429. The van der Waals surface area contributed by atoms with Crippen molar-refractivity contribution in [1.82, 2.24) is 9.80 Å². The molecule has 21 heavy (non-hydrogen) atoms. The summed E-state index contributed by atoms with van der Waals surface area (Å²) in [5.41, 5.74) is 0.632. The van der Waals surface area contributed by atoms with E-state index in [2.05, 4.69) is 31.9 Å². The van der Waals surface area contributed by atoms with E-state index in [4.69, 9.17) is 4.74 Å². The van der Waals surface area contributed by atoms with Gasteiger partial charge in [0.05, 0.1) is 0 Å². The number of hydrogen-bond donors (Lipinski definition) is 0. The summed E-state index contributed by atoms with van der Waals surface area (Å²) in [6, 6.07) is 5.49. The minimum Gasteiger partial charge on any atom is -0.375 e. The maximum Gasteiger partial charge on any atom is 0.254 e. The highest BCUT2D eigenvalue weighted by atomic mass is 79.9. The predicted molar refractivity (Wildman–Crippen MR) is 86.2 cm³/mol. The van der Waals surface area contributed by atoms with Crippen LogP contribution in [0, 0.1) is 0 Å².